The van der Waals surface area contributed by atoms with E-state index >= 15 is 0 Å². The molecule has 0 radical (unpaired) electrons. The number of hydrogen-bond donors (Lipinski definition) is 0. The number of rotatable bonds is 4. The number of nitrogens with zero attached hydrogens (tertiary/aromatic N) is 2. The van der Waals surface area contributed by atoms with Crippen molar-refractivity contribution in [1.82, 2.24) is 4.98 Å². The Bertz CT molecular complexity index is 1020. The number of carbonyl (C=O) groups excluding carboxylic acids is 1. The summed E-state index contributed by atoms with van der Waals surface area (Å²) in [6.07, 6.45) is 3.30. The molecule has 1 aromatic heterocycles. The zero-order chi connectivity index (χ0) is 17.8. The minimum absolute atomic E-state index is 0.0346. The second-order valence-corrected chi connectivity index (χ2v) is 6.11. The number of carbonyl (C=O) groups is 1. The van der Waals surface area contributed by atoms with E-state index in [9.17, 15) is 4.79 Å². The molecule has 126 valence electrons. The summed E-state index contributed by atoms with van der Waals surface area (Å²) in [4.78, 5) is 19.2. The van der Waals surface area contributed by atoms with E-state index in [2.05, 4.69) is 23.2 Å². The van der Waals surface area contributed by atoms with E-state index in [1.807, 2.05) is 59.5 Å². The average Bonchev–Trinajstić information content (AvgIpc) is 2.73. The zero-order valence-electron chi connectivity index (χ0n) is 14.2. The predicted molar refractivity (Wildman–Crippen MR) is 105 cm³/mol. The zero-order valence-corrected chi connectivity index (χ0v) is 14.2. The molecule has 3 heteroatoms. The van der Waals surface area contributed by atoms with Gasteiger partial charge in [-0.1, -0.05) is 66.7 Å². The first kappa shape index (κ1) is 16.0. The summed E-state index contributed by atoms with van der Waals surface area (Å²) in [6, 6.07) is 27.8. The van der Waals surface area contributed by atoms with Crippen LogP contribution in [0.4, 0.5) is 5.69 Å². The molecule has 1 heterocycles. The van der Waals surface area contributed by atoms with E-state index in [1.54, 1.807) is 24.5 Å². The molecule has 0 N–H and O–H groups in total. The lowest BCUT2D eigenvalue weighted by Gasteiger charge is -2.24. The van der Waals surface area contributed by atoms with Crippen LogP contribution in [-0.2, 0) is 6.54 Å². The molecule has 0 spiro atoms. The van der Waals surface area contributed by atoms with E-state index in [0.717, 1.165) is 22.0 Å². The third-order valence-electron chi connectivity index (χ3n) is 4.41. The molecule has 0 bridgehead atoms. The van der Waals surface area contributed by atoms with Gasteiger partial charge in [0.2, 0.25) is 0 Å². The highest BCUT2D eigenvalue weighted by molar-refractivity contribution is 6.10. The first-order valence-electron chi connectivity index (χ1n) is 8.56. The second kappa shape index (κ2) is 7.19. The van der Waals surface area contributed by atoms with Gasteiger partial charge in [0.25, 0.3) is 5.91 Å². The van der Waals surface area contributed by atoms with Gasteiger partial charge in [0, 0.05) is 23.3 Å². The van der Waals surface area contributed by atoms with Crippen LogP contribution in [0.3, 0.4) is 0 Å². The number of aromatic nitrogens is 1. The van der Waals surface area contributed by atoms with Gasteiger partial charge in [-0.2, -0.15) is 0 Å². The van der Waals surface area contributed by atoms with Gasteiger partial charge in [0.05, 0.1) is 12.2 Å². The topological polar surface area (TPSA) is 33.2 Å². The van der Waals surface area contributed by atoms with Gasteiger partial charge in [-0.05, 0) is 29.1 Å². The van der Waals surface area contributed by atoms with Gasteiger partial charge in [-0.25, -0.2) is 0 Å². The molecule has 0 aliphatic rings. The lowest BCUT2D eigenvalue weighted by Crippen LogP contribution is -2.30. The van der Waals surface area contributed by atoms with Crippen molar-refractivity contribution in [2.45, 2.75) is 6.54 Å². The lowest BCUT2D eigenvalue weighted by atomic mass is 10.1. The van der Waals surface area contributed by atoms with Gasteiger partial charge >= 0.3 is 0 Å². The van der Waals surface area contributed by atoms with Gasteiger partial charge < -0.3 is 4.90 Å². The Hall–Kier alpha value is -3.46. The molecule has 0 aliphatic carbocycles. The lowest BCUT2D eigenvalue weighted by molar-refractivity contribution is 0.0985. The first-order chi connectivity index (χ1) is 12.8. The fourth-order valence-corrected chi connectivity index (χ4v) is 3.13. The van der Waals surface area contributed by atoms with E-state index in [4.69, 9.17) is 0 Å². The maximum Gasteiger partial charge on any atom is 0.258 e. The molecule has 3 aromatic carbocycles. The molecule has 0 saturated heterocycles. The Kier molecular flexibility index (Phi) is 4.44. The number of benzene rings is 3. The van der Waals surface area contributed by atoms with E-state index < -0.39 is 0 Å². The Labute approximate surface area is 152 Å². The minimum atomic E-state index is -0.0346. The maximum absolute atomic E-state index is 13.3. The molecular formula is C23H18N2O. The molecule has 26 heavy (non-hydrogen) atoms. The molecule has 1 amide bonds. The first-order valence-corrected chi connectivity index (χ1v) is 8.56. The average molecular weight is 338 g/mol. The molecular weight excluding hydrogens is 320 g/mol. The van der Waals surface area contributed by atoms with Crippen molar-refractivity contribution in [3.05, 3.63) is 108 Å². The smallest absolute Gasteiger partial charge is 0.258 e. The Morgan fingerprint density at radius 3 is 2.27 bits per heavy atom. The quantitative estimate of drug-likeness (QED) is 0.520. The fourth-order valence-electron chi connectivity index (χ4n) is 3.13. The normalized spacial score (nSPS) is 10.6. The highest BCUT2D eigenvalue weighted by Crippen LogP contribution is 2.29. The Morgan fingerprint density at radius 1 is 0.769 bits per heavy atom. The fraction of sp³-hybridized carbons (Fsp3) is 0.0435. The molecule has 0 atom stereocenters. The molecule has 4 rings (SSSR count). The van der Waals surface area contributed by atoms with E-state index in [1.165, 1.54) is 0 Å². The number of fused-ring (bicyclic) bond motifs is 1. The molecule has 0 aliphatic heterocycles. The molecule has 3 nitrogen and oxygen atoms in total. The summed E-state index contributed by atoms with van der Waals surface area (Å²) >= 11 is 0. The predicted octanol–water partition coefficient (Wildman–Crippen LogP) is 5.08. The van der Waals surface area contributed by atoms with Crippen LogP contribution in [-0.4, -0.2) is 10.9 Å². The van der Waals surface area contributed by atoms with Crippen molar-refractivity contribution in [2.75, 3.05) is 4.90 Å². The molecule has 0 fully saturated rings. The van der Waals surface area contributed by atoms with Crippen LogP contribution in [0.25, 0.3) is 10.8 Å². The summed E-state index contributed by atoms with van der Waals surface area (Å²) in [6.45, 7) is 0.510. The van der Waals surface area contributed by atoms with Crippen LogP contribution in [0.1, 0.15) is 15.9 Å². The van der Waals surface area contributed by atoms with Crippen LogP contribution in [0, 0.1) is 0 Å². The van der Waals surface area contributed by atoms with Gasteiger partial charge in [0.1, 0.15) is 0 Å². The number of hydrogen-bond acceptors (Lipinski definition) is 2. The maximum atomic E-state index is 13.3. The summed E-state index contributed by atoms with van der Waals surface area (Å²) in [5.41, 5.74) is 2.63. The Balaban J connectivity index is 1.83. The van der Waals surface area contributed by atoms with Crippen molar-refractivity contribution in [3.63, 3.8) is 0 Å². The summed E-state index contributed by atoms with van der Waals surface area (Å²) in [5, 5.41) is 2.18. The van der Waals surface area contributed by atoms with Crippen molar-refractivity contribution in [3.8, 4) is 0 Å². The minimum Gasteiger partial charge on any atom is -0.303 e. The SMILES string of the molecule is O=C(c1ccncc1)N(Cc1ccccc1)c1cccc2ccccc12. The highest BCUT2D eigenvalue weighted by atomic mass is 16.2. The van der Waals surface area contributed by atoms with Crippen molar-refractivity contribution in [1.29, 1.82) is 0 Å². The van der Waals surface area contributed by atoms with Crippen LogP contribution < -0.4 is 4.90 Å². The van der Waals surface area contributed by atoms with Crippen molar-refractivity contribution in [2.24, 2.45) is 0 Å². The van der Waals surface area contributed by atoms with Crippen LogP contribution >= 0.6 is 0 Å². The van der Waals surface area contributed by atoms with Crippen molar-refractivity contribution < 1.29 is 4.79 Å². The number of anilines is 1. The number of pyridine rings is 1. The summed E-state index contributed by atoms with van der Waals surface area (Å²) < 4.78 is 0. The highest BCUT2D eigenvalue weighted by Gasteiger charge is 2.20. The molecule has 4 aromatic rings. The monoisotopic (exact) mass is 338 g/mol. The Morgan fingerprint density at radius 2 is 1.46 bits per heavy atom. The van der Waals surface area contributed by atoms with E-state index in [0.29, 0.717) is 12.1 Å². The van der Waals surface area contributed by atoms with Gasteiger partial charge in [0.15, 0.2) is 0 Å². The van der Waals surface area contributed by atoms with E-state index in [-0.39, 0.29) is 5.91 Å². The molecule has 0 unspecified atom stereocenters. The number of amides is 1. The third kappa shape index (κ3) is 3.20. The second-order valence-electron chi connectivity index (χ2n) is 6.11. The standard InChI is InChI=1S/C23H18N2O/c26-23(20-13-15-24-16-14-20)25(17-18-7-2-1-3-8-18)22-12-6-10-19-9-4-5-11-21(19)22/h1-16H,17H2. The molecule has 0 saturated carbocycles. The van der Waals surface area contributed by atoms with Crippen LogP contribution in [0.5, 0.6) is 0 Å². The van der Waals surface area contributed by atoms with Crippen LogP contribution in [0.2, 0.25) is 0 Å². The van der Waals surface area contributed by atoms with Crippen LogP contribution in [0.15, 0.2) is 97.3 Å². The summed E-state index contributed by atoms with van der Waals surface area (Å²) in [5.74, 6) is -0.0346. The van der Waals surface area contributed by atoms with Crippen molar-refractivity contribution >= 4 is 22.4 Å². The third-order valence-corrected chi connectivity index (χ3v) is 4.41. The van der Waals surface area contributed by atoms with Gasteiger partial charge in [-0.15, -0.1) is 0 Å². The summed E-state index contributed by atoms with van der Waals surface area (Å²) in [7, 11) is 0. The largest absolute Gasteiger partial charge is 0.303 e. The van der Waals surface area contributed by atoms with Gasteiger partial charge in [-0.3, -0.25) is 9.78 Å².